The van der Waals surface area contributed by atoms with Gasteiger partial charge in [0.2, 0.25) is 0 Å². The van der Waals surface area contributed by atoms with E-state index in [1.54, 1.807) is 18.3 Å². The van der Waals surface area contributed by atoms with Crippen LogP contribution in [0.5, 0.6) is 5.75 Å². The molecule has 0 saturated carbocycles. The molecule has 29 heavy (non-hydrogen) atoms. The first kappa shape index (κ1) is 18.6. The van der Waals surface area contributed by atoms with Gasteiger partial charge in [0.15, 0.2) is 5.76 Å². The SMILES string of the molecule is Cc1cccc(OCc2ccc(C(=O)Nc3cccc(Cn4cccn4)c3)o2)c1. The minimum atomic E-state index is -0.303. The lowest BCUT2D eigenvalue weighted by Gasteiger charge is -2.07. The second-order valence-electron chi connectivity index (χ2n) is 6.73. The van der Waals surface area contributed by atoms with E-state index in [9.17, 15) is 4.79 Å². The molecule has 0 bridgehead atoms. The normalized spacial score (nSPS) is 10.7. The van der Waals surface area contributed by atoms with Crippen molar-refractivity contribution in [2.75, 3.05) is 5.32 Å². The van der Waals surface area contributed by atoms with E-state index in [1.165, 1.54) is 0 Å². The van der Waals surface area contributed by atoms with Gasteiger partial charge in [-0.25, -0.2) is 0 Å². The van der Waals surface area contributed by atoms with E-state index < -0.39 is 0 Å². The maximum absolute atomic E-state index is 12.5. The third-order valence-electron chi connectivity index (χ3n) is 4.34. The van der Waals surface area contributed by atoms with E-state index in [4.69, 9.17) is 9.15 Å². The molecule has 2 heterocycles. The number of hydrogen-bond acceptors (Lipinski definition) is 4. The van der Waals surface area contributed by atoms with E-state index in [-0.39, 0.29) is 18.3 Å². The van der Waals surface area contributed by atoms with Gasteiger partial charge in [0.05, 0.1) is 6.54 Å². The molecule has 0 spiro atoms. The van der Waals surface area contributed by atoms with Crippen LogP contribution in [0.4, 0.5) is 5.69 Å². The van der Waals surface area contributed by atoms with E-state index in [0.29, 0.717) is 18.0 Å². The van der Waals surface area contributed by atoms with Crippen LogP contribution in [0, 0.1) is 6.92 Å². The van der Waals surface area contributed by atoms with Crippen LogP contribution in [0.3, 0.4) is 0 Å². The zero-order valence-corrected chi connectivity index (χ0v) is 16.0. The first-order chi connectivity index (χ1) is 14.2. The standard InChI is InChI=1S/C23H21N3O3/c1-17-5-2-8-20(13-17)28-16-21-9-10-22(29-21)23(27)25-19-7-3-6-18(14-19)15-26-12-4-11-24-26/h2-14H,15-16H2,1H3,(H,25,27). The number of carbonyl (C=O) groups excluding carboxylic acids is 1. The van der Waals surface area contributed by atoms with E-state index in [2.05, 4.69) is 10.4 Å². The Labute approximate surface area is 168 Å². The van der Waals surface area contributed by atoms with Crippen LogP contribution in [0.15, 0.2) is 83.5 Å². The van der Waals surface area contributed by atoms with Crippen LogP contribution in [0.25, 0.3) is 0 Å². The number of rotatable bonds is 7. The number of nitrogens with one attached hydrogen (secondary N) is 1. The van der Waals surface area contributed by atoms with Gasteiger partial charge in [0.25, 0.3) is 5.91 Å². The fraction of sp³-hybridized carbons (Fsp3) is 0.130. The molecule has 0 aliphatic heterocycles. The Kier molecular flexibility index (Phi) is 5.42. The summed E-state index contributed by atoms with van der Waals surface area (Å²) in [6, 6.07) is 20.7. The number of furan rings is 1. The van der Waals surface area contributed by atoms with Crippen molar-refractivity contribution in [2.45, 2.75) is 20.1 Å². The third kappa shape index (κ3) is 4.93. The Hall–Kier alpha value is -3.80. The van der Waals surface area contributed by atoms with Crippen LogP contribution in [-0.2, 0) is 13.2 Å². The summed E-state index contributed by atoms with van der Waals surface area (Å²) in [6.07, 6.45) is 3.64. The molecule has 6 nitrogen and oxygen atoms in total. The van der Waals surface area contributed by atoms with E-state index >= 15 is 0 Å². The number of ether oxygens (including phenoxy) is 1. The van der Waals surface area contributed by atoms with Crippen LogP contribution >= 0.6 is 0 Å². The Morgan fingerprint density at radius 3 is 2.83 bits per heavy atom. The van der Waals surface area contributed by atoms with E-state index in [0.717, 1.165) is 16.9 Å². The molecule has 146 valence electrons. The van der Waals surface area contributed by atoms with Crippen LogP contribution < -0.4 is 10.1 Å². The number of anilines is 1. The number of nitrogens with zero attached hydrogens (tertiary/aromatic N) is 2. The molecule has 0 atom stereocenters. The molecule has 1 amide bonds. The number of aromatic nitrogens is 2. The Balaban J connectivity index is 1.36. The van der Waals surface area contributed by atoms with Crippen molar-refractivity contribution in [1.82, 2.24) is 9.78 Å². The third-order valence-corrected chi connectivity index (χ3v) is 4.34. The molecule has 2 aromatic heterocycles. The zero-order valence-electron chi connectivity index (χ0n) is 16.0. The highest BCUT2D eigenvalue weighted by Gasteiger charge is 2.12. The molecule has 0 saturated heterocycles. The Morgan fingerprint density at radius 1 is 1.10 bits per heavy atom. The average molecular weight is 387 g/mol. The summed E-state index contributed by atoms with van der Waals surface area (Å²) >= 11 is 0. The molecular formula is C23H21N3O3. The number of aryl methyl sites for hydroxylation is 1. The van der Waals surface area contributed by atoms with Gasteiger partial charge < -0.3 is 14.5 Å². The summed E-state index contributed by atoms with van der Waals surface area (Å²) in [7, 11) is 0. The zero-order chi connectivity index (χ0) is 20.1. The number of amides is 1. The van der Waals surface area contributed by atoms with Crippen molar-refractivity contribution in [3.8, 4) is 5.75 Å². The molecule has 2 aromatic carbocycles. The van der Waals surface area contributed by atoms with Crippen molar-refractivity contribution < 1.29 is 13.9 Å². The molecule has 0 fully saturated rings. The summed E-state index contributed by atoms with van der Waals surface area (Å²) in [5.74, 6) is 1.29. The van der Waals surface area contributed by atoms with Crippen molar-refractivity contribution in [2.24, 2.45) is 0 Å². The van der Waals surface area contributed by atoms with Gasteiger partial charge in [-0.05, 0) is 60.5 Å². The molecule has 4 rings (SSSR count). The van der Waals surface area contributed by atoms with Gasteiger partial charge in [-0.3, -0.25) is 9.48 Å². The van der Waals surface area contributed by atoms with Crippen LogP contribution in [0.2, 0.25) is 0 Å². The fourth-order valence-electron chi connectivity index (χ4n) is 2.96. The van der Waals surface area contributed by atoms with Crippen molar-refractivity contribution in [1.29, 1.82) is 0 Å². The molecule has 0 unspecified atom stereocenters. The topological polar surface area (TPSA) is 69.3 Å². The molecular weight excluding hydrogens is 366 g/mol. The summed E-state index contributed by atoms with van der Waals surface area (Å²) in [5.41, 5.74) is 2.86. The van der Waals surface area contributed by atoms with Gasteiger partial charge >= 0.3 is 0 Å². The summed E-state index contributed by atoms with van der Waals surface area (Å²) < 4.78 is 13.2. The maximum Gasteiger partial charge on any atom is 0.291 e. The minimum Gasteiger partial charge on any atom is -0.486 e. The van der Waals surface area contributed by atoms with E-state index in [1.807, 2.05) is 72.4 Å². The maximum atomic E-state index is 12.5. The summed E-state index contributed by atoms with van der Waals surface area (Å²) in [4.78, 5) is 12.5. The van der Waals surface area contributed by atoms with Crippen molar-refractivity contribution >= 4 is 11.6 Å². The Morgan fingerprint density at radius 2 is 2.00 bits per heavy atom. The molecule has 0 radical (unpaired) electrons. The molecule has 0 aliphatic rings. The van der Waals surface area contributed by atoms with Gasteiger partial charge in [-0.1, -0.05) is 24.3 Å². The molecule has 6 heteroatoms. The lowest BCUT2D eigenvalue weighted by atomic mass is 10.2. The highest BCUT2D eigenvalue weighted by molar-refractivity contribution is 6.02. The monoisotopic (exact) mass is 387 g/mol. The lowest BCUT2D eigenvalue weighted by molar-refractivity contribution is 0.0992. The largest absolute Gasteiger partial charge is 0.486 e. The highest BCUT2D eigenvalue weighted by Crippen LogP contribution is 2.17. The first-order valence-electron chi connectivity index (χ1n) is 9.31. The first-order valence-corrected chi connectivity index (χ1v) is 9.31. The molecule has 4 aromatic rings. The Bertz CT molecular complexity index is 1100. The van der Waals surface area contributed by atoms with Gasteiger partial charge in [0.1, 0.15) is 18.1 Å². The van der Waals surface area contributed by atoms with Crippen LogP contribution in [-0.4, -0.2) is 15.7 Å². The van der Waals surface area contributed by atoms with Crippen LogP contribution in [0.1, 0.15) is 27.4 Å². The molecule has 1 N–H and O–H groups in total. The smallest absolute Gasteiger partial charge is 0.291 e. The second kappa shape index (κ2) is 8.48. The summed E-state index contributed by atoms with van der Waals surface area (Å²) in [6.45, 7) is 2.90. The predicted octanol–water partition coefficient (Wildman–Crippen LogP) is 4.66. The molecule has 0 aliphatic carbocycles. The quantitative estimate of drug-likeness (QED) is 0.501. The average Bonchev–Trinajstić information content (AvgIpc) is 3.39. The number of hydrogen-bond donors (Lipinski definition) is 1. The number of carbonyl (C=O) groups is 1. The van der Waals surface area contributed by atoms with Crippen molar-refractivity contribution in [3.05, 3.63) is 102 Å². The minimum absolute atomic E-state index is 0.241. The number of benzene rings is 2. The van der Waals surface area contributed by atoms with Gasteiger partial charge in [-0.15, -0.1) is 0 Å². The fourth-order valence-corrected chi connectivity index (χ4v) is 2.96. The highest BCUT2D eigenvalue weighted by atomic mass is 16.5. The van der Waals surface area contributed by atoms with Gasteiger partial charge in [-0.2, -0.15) is 5.10 Å². The predicted molar refractivity (Wildman–Crippen MR) is 110 cm³/mol. The lowest BCUT2D eigenvalue weighted by Crippen LogP contribution is -2.11. The summed E-state index contributed by atoms with van der Waals surface area (Å²) in [5, 5.41) is 7.07. The van der Waals surface area contributed by atoms with Crippen molar-refractivity contribution in [3.63, 3.8) is 0 Å². The second-order valence-corrected chi connectivity index (χ2v) is 6.73. The van der Waals surface area contributed by atoms with Gasteiger partial charge in [0, 0.05) is 18.1 Å².